The van der Waals surface area contributed by atoms with Gasteiger partial charge in [-0.1, -0.05) is 13.3 Å². The van der Waals surface area contributed by atoms with Gasteiger partial charge >= 0.3 is 0 Å². The molecule has 1 fully saturated rings. The highest BCUT2D eigenvalue weighted by Gasteiger charge is 2.30. The van der Waals surface area contributed by atoms with Crippen LogP contribution in [0.1, 0.15) is 63.6 Å². The van der Waals surface area contributed by atoms with Gasteiger partial charge in [0.15, 0.2) is 0 Å². The van der Waals surface area contributed by atoms with E-state index in [1.807, 2.05) is 10.9 Å². The molecule has 0 spiro atoms. The second-order valence-corrected chi connectivity index (χ2v) is 8.53. The molecule has 120 valence electrons. The molecule has 0 aliphatic heterocycles. The molecule has 0 radical (unpaired) electrons. The monoisotopic (exact) mass is 313 g/mol. The lowest BCUT2D eigenvalue weighted by Gasteiger charge is -2.28. The Morgan fingerprint density at radius 3 is 2.90 bits per heavy atom. The minimum atomic E-state index is -2.94. The molecule has 1 saturated carbocycles. The first-order valence-corrected chi connectivity index (χ1v) is 9.83. The first kappa shape index (κ1) is 16.5. The molecule has 1 aliphatic rings. The smallest absolute Gasteiger partial charge is 0.150 e. The Bertz CT molecular complexity index is 553. The van der Waals surface area contributed by atoms with Gasteiger partial charge in [-0.3, -0.25) is 4.68 Å². The fourth-order valence-electron chi connectivity index (χ4n) is 3.00. The molecule has 1 aromatic heterocycles. The average Bonchev–Trinajstić information content (AvgIpc) is 2.94. The predicted molar refractivity (Wildman–Crippen MR) is 85.1 cm³/mol. The summed E-state index contributed by atoms with van der Waals surface area (Å²) in [5.74, 6) is 0. The minimum Gasteiger partial charge on any atom is -0.310 e. The number of nitrogens with one attached hydrogen (secondary N) is 1. The molecule has 1 heterocycles. The third kappa shape index (κ3) is 4.30. The minimum absolute atomic E-state index is 0.209. The Hall–Kier alpha value is -0.880. The molecular formula is C15H27N3O2S. The number of rotatable bonds is 6. The number of hydrogen-bond acceptors (Lipinski definition) is 4. The van der Waals surface area contributed by atoms with Crippen LogP contribution in [0.2, 0.25) is 0 Å². The van der Waals surface area contributed by atoms with Crippen molar-refractivity contribution in [3.05, 3.63) is 18.0 Å². The van der Waals surface area contributed by atoms with Crippen LogP contribution in [0.5, 0.6) is 0 Å². The number of hydrogen-bond donors (Lipinski definition) is 1. The van der Waals surface area contributed by atoms with Crippen LogP contribution in [0, 0.1) is 0 Å². The van der Waals surface area contributed by atoms with Crippen molar-refractivity contribution in [2.75, 3.05) is 12.8 Å². The molecule has 0 bridgehead atoms. The van der Waals surface area contributed by atoms with Gasteiger partial charge in [-0.25, -0.2) is 8.42 Å². The fourth-order valence-corrected chi connectivity index (χ4v) is 4.17. The van der Waals surface area contributed by atoms with Crippen molar-refractivity contribution in [2.24, 2.45) is 0 Å². The number of aromatic nitrogens is 2. The van der Waals surface area contributed by atoms with E-state index in [9.17, 15) is 8.42 Å². The van der Waals surface area contributed by atoms with Crippen LogP contribution in [-0.2, 0) is 9.84 Å². The summed E-state index contributed by atoms with van der Waals surface area (Å²) in [5.41, 5.74) is 1.17. The maximum absolute atomic E-state index is 11.8. The van der Waals surface area contributed by atoms with Crippen LogP contribution in [0.15, 0.2) is 12.4 Å². The molecule has 1 N–H and O–H groups in total. The van der Waals surface area contributed by atoms with E-state index < -0.39 is 9.84 Å². The van der Waals surface area contributed by atoms with Gasteiger partial charge in [-0.15, -0.1) is 0 Å². The van der Waals surface area contributed by atoms with Gasteiger partial charge in [0.05, 0.1) is 17.5 Å². The maximum Gasteiger partial charge on any atom is 0.150 e. The molecule has 0 saturated heterocycles. The molecule has 1 aromatic rings. The van der Waals surface area contributed by atoms with Crippen LogP contribution in [0.25, 0.3) is 0 Å². The van der Waals surface area contributed by atoms with E-state index in [0.717, 1.165) is 32.2 Å². The van der Waals surface area contributed by atoms with Gasteiger partial charge in [-0.2, -0.15) is 5.10 Å². The molecule has 0 amide bonds. The van der Waals surface area contributed by atoms with Gasteiger partial charge in [0.1, 0.15) is 9.84 Å². The Morgan fingerprint density at radius 1 is 1.48 bits per heavy atom. The quantitative estimate of drug-likeness (QED) is 0.876. The summed E-state index contributed by atoms with van der Waals surface area (Å²) in [5, 5.41) is 7.71. The lowest BCUT2D eigenvalue weighted by atomic mass is 9.95. The maximum atomic E-state index is 11.8. The van der Waals surface area contributed by atoms with Gasteiger partial charge < -0.3 is 5.32 Å². The summed E-state index contributed by atoms with van der Waals surface area (Å²) in [6, 6.07) is 0.499. The van der Waals surface area contributed by atoms with Crippen molar-refractivity contribution in [1.82, 2.24) is 15.1 Å². The summed E-state index contributed by atoms with van der Waals surface area (Å²) in [4.78, 5) is 0. The molecule has 6 heteroatoms. The van der Waals surface area contributed by atoms with Crippen molar-refractivity contribution in [3.8, 4) is 0 Å². The number of nitrogens with zero attached hydrogens (tertiary/aromatic N) is 2. The summed E-state index contributed by atoms with van der Waals surface area (Å²) >= 11 is 0. The summed E-state index contributed by atoms with van der Waals surface area (Å²) < 4.78 is 25.5. The molecule has 21 heavy (non-hydrogen) atoms. The van der Waals surface area contributed by atoms with Gasteiger partial charge in [0.2, 0.25) is 0 Å². The van der Waals surface area contributed by atoms with E-state index in [1.54, 1.807) is 0 Å². The highest BCUT2D eigenvalue weighted by atomic mass is 32.2. The van der Waals surface area contributed by atoms with Gasteiger partial charge in [0, 0.05) is 24.1 Å². The van der Waals surface area contributed by atoms with Crippen molar-refractivity contribution in [2.45, 2.75) is 63.3 Å². The van der Waals surface area contributed by atoms with Crippen LogP contribution in [-0.4, -0.2) is 36.2 Å². The predicted octanol–water partition coefficient (Wildman–Crippen LogP) is 2.47. The van der Waals surface area contributed by atoms with E-state index in [-0.39, 0.29) is 17.3 Å². The number of sulfone groups is 1. The highest BCUT2D eigenvalue weighted by Crippen LogP contribution is 2.32. The summed E-state index contributed by atoms with van der Waals surface area (Å²) in [7, 11) is -2.94. The largest absolute Gasteiger partial charge is 0.310 e. The zero-order valence-electron chi connectivity index (χ0n) is 13.2. The normalized spacial score (nSPS) is 24.9. The lowest BCUT2D eigenvalue weighted by molar-refractivity contribution is 0.329. The van der Waals surface area contributed by atoms with Crippen LogP contribution < -0.4 is 5.32 Å². The lowest BCUT2D eigenvalue weighted by Crippen LogP contribution is -2.29. The zero-order valence-corrected chi connectivity index (χ0v) is 14.1. The third-order valence-electron chi connectivity index (χ3n) is 4.40. The van der Waals surface area contributed by atoms with Gasteiger partial charge in [-0.05, 0) is 39.2 Å². The molecule has 5 nitrogen and oxygen atoms in total. The van der Waals surface area contributed by atoms with Crippen LogP contribution >= 0.6 is 0 Å². The zero-order chi connectivity index (χ0) is 15.5. The molecule has 2 rings (SSSR count). The van der Waals surface area contributed by atoms with Crippen molar-refractivity contribution >= 4 is 9.84 Å². The van der Waals surface area contributed by atoms with E-state index >= 15 is 0 Å². The fraction of sp³-hybridized carbons (Fsp3) is 0.800. The summed E-state index contributed by atoms with van der Waals surface area (Å²) in [6.07, 6.45) is 9.89. The Morgan fingerprint density at radius 2 is 2.24 bits per heavy atom. The first-order valence-electron chi connectivity index (χ1n) is 7.88. The topological polar surface area (TPSA) is 64.0 Å². The van der Waals surface area contributed by atoms with E-state index in [1.165, 1.54) is 11.8 Å². The molecule has 3 unspecified atom stereocenters. The van der Waals surface area contributed by atoms with Crippen molar-refractivity contribution < 1.29 is 8.42 Å². The third-order valence-corrected chi connectivity index (χ3v) is 6.04. The first-order chi connectivity index (χ1) is 9.91. The Labute approximate surface area is 128 Å². The van der Waals surface area contributed by atoms with Gasteiger partial charge in [0.25, 0.3) is 0 Å². The van der Waals surface area contributed by atoms with Crippen molar-refractivity contribution in [3.63, 3.8) is 0 Å². The highest BCUT2D eigenvalue weighted by molar-refractivity contribution is 7.91. The molecule has 3 atom stereocenters. The van der Waals surface area contributed by atoms with E-state index in [4.69, 9.17) is 0 Å². The van der Waals surface area contributed by atoms with E-state index in [0.29, 0.717) is 6.42 Å². The second-order valence-electron chi connectivity index (χ2n) is 6.20. The van der Waals surface area contributed by atoms with E-state index in [2.05, 4.69) is 30.5 Å². The Balaban J connectivity index is 2.03. The standard InChI is InChI=1S/C15H27N3O2S/c1-4-8-16-12(2)13-10-17-18(11-13)14-6-5-7-15(9-14)21(3,19)20/h10-12,14-16H,4-9H2,1-3H3. The SMILES string of the molecule is CCCNC(C)c1cnn(C2CCCC(S(C)(=O)=O)C2)c1. The summed E-state index contributed by atoms with van der Waals surface area (Å²) in [6.45, 7) is 5.28. The van der Waals surface area contributed by atoms with Crippen molar-refractivity contribution in [1.29, 1.82) is 0 Å². The van der Waals surface area contributed by atoms with Crippen LogP contribution in [0.4, 0.5) is 0 Å². The van der Waals surface area contributed by atoms with Crippen LogP contribution in [0.3, 0.4) is 0 Å². The average molecular weight is 313 g/mol. The molecular weight excluding hydrogens is 286 g/mol. The molecule has 1 aliphatic carbocycles. The molecule has 0 aromatic carbocycles. The second kappa shape index (κ2) is 6.92. The Kier molecular flexibility index (Phi) is 5.43.